The number of methoxy groups -OCH3 is 1. The van der Waals surface area contributed by atoms with Crippen LogP contribution in [0.3, 0.4) is 0 Å². The zero-order valence-electron chi connectivity index (χ0n) is 18.1. The number of nitrogens with zero attached hydrogens (tertiary/aromatic N) is 4. The van der Waals surface area contributed by atoms with Gasteiger partial charge in [-0.1, -0.05) is 17.8 Å². The molecule has 4 aromatic heterocycles. The maximum absolute atomic E-state index is 13.5. The topological polar surface area (TPSA) is 78.5 Å². The molecule has 0 saturated heterocycles. The highest BCUT2D eigenvalue weighted by atomic mass is 32.2. The highest BCUT2D eigenvalue weighted by Crippen LogP contribution is 2.35. The molecular formula is C23H24N4O3S2. The van der Waals surface area contributed by atoms with Gasteiger partial charge in [0.25, 0.3) is 11.1 Å². The number of aryl methyl sites for hydroxylation is 3. The van der Waals surface area contributed by atoms with Crippen molar-refractivity contribution in [3.8, 4) is 0 Å². The summed E-state index contributed by atoms with van der Waals surface area (Å²) in [5.41, 5.74) is 3.38. The van der Waals surface area contributed by atoms with E-state index in [0.29, 0.717) is 35.4 Å². The average molecular weight is 469 g/mol. The van der Waals surface area contributed by atoms with Crippen molar-refractivity contribution in [1.82, 2.24) is 18.9 Å². The molecule has 0 fully saturated rings. The number of fused-ring (bicyclic) bond motifs is 4. The number of thiophene rings is 1. The van der Waals surface area contributed by atoms with E-state index in [1.54, 1.807) is 39.7 Å². The molecule has 4 aromatic rings. The Morgan fingerprint density at radius 1 is 1.19 bits per heavy atom. The van der Waals surface area contributed by atoms with Gasteiger partial charge in [-0.25, -0.2) is 9.97 Å². The van der Waals surface area contributed by atoms with Gasteiger partial charge in [-0.05, 0) is 49.8 Å². The molecule has 4 heterocycles. The van der Waals surface area contributed by atoms with E-state index in [1.807, 2.05) is 19.1 Å². The molecular weight excluding hydrogens is 444 g/mol. The van der Waals surface area contributed by atoms with Gasteiger partial charge >= 0.3 is 0 Å². The summed E-state index contributed by atoms with van der Waals surface area (Å²) in [6, 6.07) is 5.34. The van der Waals surface area contributed by atoms with Gasteiger partial charge in [0.2, 0.25) is 0 Å². The molecule has 0 radical (unpaired) electrons. The van der Waals surface area contributed by atoms with Crippen LogP contribution in [0, 0.1) is 6.92 Å². The maximum atomic E-state index is 13.5. The zero-order chi connectivity index (χ0) is 22.2. The second-order valence-electron chi connectivity index (χ2n) is 8.04. The molecule has 0 bridgehead atoms. The van der Waals surface area contributed by atoms with Gasteiger partial charge in [-0.3, -0.25) is 18.6 Å². The Balaban J connectivity index is 1.53. The predicted molar refractivity (Wildman–Crippen MR) is 128 cm³/mol. The van der Waals surface area contributed by atoms with Gasteiger partial charge in [-0.15, -0.1) is 11.3 Å². The fourth-order valence-electron chi connectivity index (χ4n) is 4.18. The standard InChI is InChI=1S/C23H24N4O3S2/c1-14-7-8-18-24-15(11-19(28)27(18)12-14)13-31-23-25-21-20(22(29)26(23)9-10-30-2)16-5-3-4-6-17(16)32-21/h7-8,11-12H,3-6,9-10,13H2,1-2H3. The Hall–Kier alpha value is -2.49. The lowest BCUT2D eigenvalue weighted by Crippen LogP contribution is -2.25. The molecule has 5 rings (SSSR count). The third kappa shape index (κ3) is 3.89. The first-order valence-electron chi connectivity index (χ1n) is 10.7. The molecule has 0 amide bonds. The number of hydrogen-bond donors (Lipinski definition) is 0. The van der Waals surface area contributed by atoms with Crippen LogP contribution in [0.25, 0.3) is 15.9 Å². The van der Waals surface area contributed by atoms with E-state index in [2.05, 4.69) is 4.98 Å². The molecule has 0 aliphatic heterocycles. The summed E-state index contributed by atoms with van der Waals surface area (Å²) < 4.78 is 8.52. The molecule has 7 nitrogen and oxygen atoms in total. The van der Waals surface area contributed by atoms with Crippen LogP contribution in [0.2, 0.25) is 0 Å². The van der Waals surface area contributed by atoms with E-state index in [9.17, 15) is 9.59 Å². The molecule has 0 unspecified atom stereocenters. The summed E-state index contributed by atoms with van der Waals surface area (Å²) >= 11 is 3.09. The van der Waals surface area contributed by atoms with Crippen molar-refractivity contribution in [1.29, 1.82) is 0 Å². The van der Waals surface area contributed by atoms with Crippen molar-refractivity contribution >= 4 is 39.0 Å². The number of aromatic nitrogens is 4. The first-order chi connectivity index (χ1) is 15.5. The summed E-state index contributed by atoms with van der Waals surface area (Å²) in [6.45, 7) is 2.82. The van der Waals surface area contributed by atoms with Crippen LogP contribution in [0.1, 0.15) is 34.5 Å². The van der Waals surface area contributed by atoms with Gasteiger partial charge < -0.3 is 4.74 Å². The number of hydrogen-bond acceptors (Lipinski definition) is 7. The second-order valence-corrected chi connectivity index (χ2v) is 10.1. The molecule has 166 valence electrons. The van der Waals surface area contributed by atoms with Gasteiger partial charge in [0.05, 0.1) is 24.2 Å². The Morgan fingerprint density at radius 3 is 2.88 bits per heavy atom. The molecule has 1 aliphatic rings. The van der Waals surface area contributed by atoms with Gasteiger partial charge in [0.1, 0.15) is 10.5 Å². The van der Waals surface area contributed by atoms with E-state index in [1.165, 1.54) is 28.6 Å². The van der Waals surface area contributed by atoms with Crippen LogP contribution >= 0.6 is 23.1 Å². The zero-order valence-corrected chi connectivity index (χ0v) is 19.7. The lowest BCUT2D eigenvalue weighted by molar-refractivity contribution is 0.183. The van der Waals surface area contributed by atoms with Crippen LogP contribution in [0.15, 0.2) is 39.1 Å². The Kier molecular flexibility index (Phi) is 5.88. The molecule has 0 N–H and O–H groups in total. The molecule has 0 aromatic carbocycles. The summed E-state index contributed by atoms with van der Waals surface area (Å²) in [6.07, 6.45) is 6.06. The Labute approximate surface area is 193 Å². The Morgan fingerprint density at radius 2 is 2.03 bits per heavy atom. The number of thioether (sulfide) groups is 1. The van der Waals surface area contributed by atoms with Crippen molar-refractivity contribution in [3.63, 3.8) is 0 Å². The fourth-order valence-corrected chi connectivity index (χ4v) is 6.40. The lowest BCUT2D eigenvalue weighted by Gasteiger charge is -2.13. The van der Waals surface area contributed by atoms with E-state index in [4.69, 9.17) is 9.72 Å². The van der Waals surface area contributed by atoms with Crippen molar-refractivity contribution in [2.24, 2.45) is 0 Å². The van der Waals surface area contributed by atoms with E-state index < -0.39 is 0 Å². The van der Waals surface area contributed by atoms with Crippen LogP contribution in [-0.4, -0.2) is 32.7 Å². The molecule has 1 aliphatic carbocycles. The van der Waals surface area contributed by atoms with Crippen molar-refractivity contribution in [2.45, 2.75) is 50.1 Å². The number of rotatable bonds is 6. The maximum Gasteiger partial charge on any atom is 0.263 e. The van der Waals surface area contributed by atoms with Crippen molar-refractivity contribution < 1.29 is 4.74 Å². The fraction of sp³-hybridized carbons (Fsp3) is 0.391. The third-order valence-electron chi connectivity index (χ3n) is 5.77. The monoisotopic (exact) mass is 468 g/mol. The number of pyridine rings is 1. The molecule has 0 saturated carbocycles. The van der Waals surface area contributed by atoms with Crippen molar-refractivity contribution in [2.75, 3.05) is 13.7 Å². The molecule has 32 heavy (non-hydrogen) atoms. The van der Waals surface area contributed by atoms with E-state index in [0.717, 1.165) is 35.0 Å². The number of ether oxygens (including phenoxy) is 1. The highest BCUT2D eigenvalue weighted by molar-refractivity contribution is 7.98. The smallest absolute Gasteiger partial charge is 0.263 e. The van der Waals surface area contributed by atoms with E-state index >= 15 is 0 Å². The highest BCUT2D eigenvalue weighted by Gasteiger charge is 2.22. The largest absolute Gasteiger partial charge is 0.383 e. The summed E-state index contributed by atoms with van der Waals surface area (Å²) in [5, 5.41) is 1.42. The Bertz CT molecular complexity index is 1440. The third-order valence-corrected chi connectivity index (χ3v) is 7.96. The van der Waals surface area contributed by atoms with Gasteiger partial charge in [0.15, 0.2) is 5.16 Å². The van der Waals surface area contributed by atoms with Crippen LogP contribution in [0.5, 0.6) is 0 Å². The summed E-state index contributed by atoms with van der Waals surface area (Å²) in [4.78, 5) is 37.6. The van der Waals surface area contributed by atoms with Gasteiger partial charge in [0, 0.05) is 30.0 Å². The average Bonchev–Trinajstić information content (AvgIpc) is 3.16. The minimum atomic E-state index is -0.111. The molecule has 9 heteroatoms. The predicted octanol–water partition coefficient (Wildman–Crippen LogP) is 3.59. The first kappa shape index (κ1) is 21.4. The second kappa shape index (κ2) is 8.80. The normalized spacial score (nSPS) is 13.7. The summed E-state index contributed by atoms with van der Waals surface area (Å²) in [5.74, 6) is 0.454. The van der Waals surface area contributed by atoms with Crippen molar-refractivity contribution in [3.05, 3.63) is 66.8 Å². The molecule has 0 atom stereocenters. The first-order valence-corrected chi connectivity index (χ1v) is 12.5. The lowest BCUT2D eigenvalue weighted by atomic mass is 9.97. The SMILES string of the molecule is COCCn1c(SCc2cc(=O)n3cc(C)ccc3n2)nc2sc3c(c2c1=O)CCCC3. The van der Waals surface area contributed by atoms with Crippen LogP contribution < -0.4 is 11.1 Å². The quantitative estimate of drug-likeness (QED) is 0.318. The van der Waals surface area contributed by atoms with Crippen LogP contribution in [-0.2, 0) is 29.9 Å². The molecule has 0 spiro atoms. The summed E-state index contributed by atoms with van der Waals surface area (Å²) in [7, 11) is 1.63. The van der Waals surface area contributed by atoms with E-state index in [-0.39, 0.29) is 11.1 Å². The minimum Gasteiger partial charge on any atom is -0.383 e. The van der Waals surface area contributed by atoms with Gasteiger partial charge in [-0.2, -0.15) is 0 Å². The van der Waals surface area contributed by atoms with Crippen LogP contribution in [0.4, 0.5) is 0 Å². The minimum absolute atomic E-state index is 0.0102.